The molecule has 5 heteroatoms. The molecule has 0 spiro atoms. The molecule has 0 aliphatic carbocycles. The maximum absolute atomic E-state index is 5.72. The van der Waals surface area contributed by atoms with Crippen LogP contribution in [0.4, 0.5) is 5.82 Å². The molecule has 0 fully saturated rings. The minimum Gasteiger partial charge on any atom is -0.494 e. The van der Waals surface area contributed by atoms with E-state index in [1.54, 1.807) is 6.07 Å². The molecule has 0 saturated heterocycles. The summed E-state index contributed by atoms with van der Waals surface area (Å²) in [6.07, 6.45) is 0. The van der Waals surface area contributed by atoms with Crippen LogP contribution in [0.5, 0.6) is 5.75 Å². The average Bonchev–Trinajstić information content (AvgIpc) is 2.61. The summed E-state index contributed by atoms with van der Waals surface area (Å²) in [5, 5.41) is 4.07. The van der Waals surface area contributed by atoms with Crippen LogP contribution in [0, 0.1) is 0 Å². The molecule has 1 heterocycles. The number of benzene rings is 1. The average molecular weight is 238 g/mol. The van der Waals surface area contributed by atoms with Gasteiger partial charge in [0.25, 0.3) is 0 Å². The maximum atomic E-state index is 5.72. The van der Waals surface area contributed by atoms with Crippen LogP contribution in [0.15, 0.2) is 30.3 Å². The predicted molar refractivity (Wildman–Crippen MR) is 64.5 cm³/mol. The van der Waals surface area contributed by atoms with Crippen molar-refractivity contribution in [3.63, 3.8) is 0 Å². The van der Waals surface area contributed by atoms with Gasteiger partial charge in [0.2, 0.25) is 0 Å². The highest BCUT2D eigenvalue weighted by Crippen LogP contribution is 2.23. The number of anilines is 1. The van der Waals surface area contributed by atoms with Gasteiger partial charge in [-0.05, 0) is 31.2 Å². The molecule has 2 rings (SSSR count). The summed E-state index contributed by atoms with van der Waals surface area (Å²) in [6, 6.07) is 9.35. The van der Waals surface area contributed by atoms with E-state index in [1.807, 2.05) is 31.2 Å². The number of rotatable bonds is 3. The lowest BCUT2D eigenvalue weighted by molar-refractivity contribution is 0.340. The molecule has 2 N–H and O–H groups in total. The minimum absolute atomic E-state index is 0.422. The zero-order valence-electron chi connectivity index (χ0n) is 8.85. The molecule has 0 aliphatic rings. The van der Waals surface area contributed by atoms with Gasteiger partial charge in [0, 0.05) is 23.4 Å². The first-order chi connectivity index (χ1) is 7.70. The molecule has 0 aliphatic heterocycles. The Bertz CT molecular complexity index is 459. The number of halogens is 1. The molecule has 2 aromatic rings. The van der Waals surface area contributed by atoms with E-state index in [0.29, 0.717) is 12.4 Å². The van der Waals surface area contributed by atoms with Gasteiger partial charge in [-0.15, -0.1) is 0 Å². The van der Waals surface area contributed by atoms with Crippen LogP contribution in [0.2, 0.25) is 0 Å². The van der Waals surface area contributed by atoms with Crippen molar-refractivity contribution >= 4 is 17.6 Å². The largest absolute Gasteiger partial charge is 0.494 e. The molecule has 0 amide bonds. The van der Waals surface area contributed by atoms with Crippen molar-refractivity contribution in [3.05, 3.63) is 30.3 Å². The number of hydrogen-bond donors (Lipinski definition) is 1. The Hall–Kier alpha value is -1.68. The zero-order chi connectivity index (χ0) is 11.5. The molecule has 4 nitrogen and oxygen atoms in total. The van der Waals surface area contributed by atoms with Crippen LogP contribution in [0.3, 0.4) is 0 Å². The van der Waals surface area contributed by atoms with Gasteiger partial charge in [-0.25, -0.2) is 0 Å². The second-order valence-electron chi connectivity index (χ2n) is 3.27. The highest BCUT2D eigenvalue weighted by molar-refractivity contribution is 6.16. The molecular weight excluding hydrogens is 226 g/mol. The lowest BCUT2D eigenvalue weighted by atomic mass is 10.1. The van der Waals surface area contributed by atoms with Crippen molar-refractivity contribution in [1.29, 1.82) is 0 Å². The van der Waals surface area contributed by atoms with Gasteiger partial charge < -0.3 is 10.5 Å². The highest BCUT2D eigenvalue weighted by Gasteiger charge is 2.05. The van der Waals surface area contributed by atoms with Gasteiger partial charge in [-0.3, -0.25) is 0 Å². The van der Waals surface area contributed by atoms with E-state index in [1.165, 1.54) is 0 Å². The normalized spacial score (nSPS) is 10.4. The van der Waals surface area contributed by atoms with E-state index < -0.39 is 0 Å². The predicted octanol–water partition coefficient (Wildman–Crippen LogP) is 2.53. The maximum Gasteiger partial charge on any atom is 0.140 e. The Balaban J connectivity index is 2.27. The molecular formula is C11H12ClN3O. The van der Waals surface area contributed by atoms with Crippen molar-refractivity contribution in [3.8, 4) is 17.0 Å². The molecule has 0 radical (unpaired) electrons. The number of nitrogen functional groups attached to an aromatic ring is 1. The quantitative estimate of drug-likeness (QED) is 0.893. The van der Waals surface area contributed by atoms with Crippen LogP contribution in [-0.2, 0) is 0 Å². The van der Waals surface area contributed by atoms with E-state index in [9.17, 15) is 0 Å². The SMILES string of the molecule is CCOc1ccc(-c2cc(N)n(Cl)n2)cc1. The standard InChI is InChI=1S/C11H12ClN3O/c1-2-16-9-5-3-8(4-6-9)10-7-11(13)15(12)14-10/h3-7H,2,13H2,1H3. The van der Waals surface area contributed by atoms with Gasteiger partial charge in [-0.1, -0.05) is 0 Å². The van der Waals surface area contributed by atoms with E-state index in [-0.39, 0.29) is 0 Å². The molecule has 16 heavy (non-hydrogen) atoms. The van der Waals surface area contributed by atoms with Gasteiger partial charge in [-0.2, -0.15) is 9.30 Å². The third kappa shape index (κ3) is 2.12. The van der Waals surface area contributed by atoms with E-state index in [4.69, 9.17) is 22.2 Å². The molecule has 84 valence electrons. The smallest absolute Gasteiger partial charge is 0.140 e. The van der Waals surface area contributed by atoms with Crippen LogP contribution < -0.4 is 10.5 Å². The Labute approximate surface area is 98.7 Å². The fraction of sp³-hybridized carbons (Fsp3) is 0.182. The number of nitrogens with two attached hydrogens (primary N) is 1. The number of nitrogens with zero attached hydrogens (tertiary/aromatic N) is 2. The molecule has 0 saturated carbocycles. The van der Waals surface area contributed by atoms with E-state index >= 15 is 0 Å². The second kappa shape index (κ2) is 4.45. The first-order valence-corrected chi connectivity index (χ1v) is 5.29. The Morgan fingerprint density at radius 1 is 1.38 bits per heavy atom. The van der Waals surface area contributed by atoms with Crippen molar-refractivity contribution in [2.75, 3.05) is 12.3 Å². The molecule has 0 bridgehead atoms. The Kier molecular flexibility index (Phi) is 3.01. The van der Waals surface area contributed by atoms with Crippen molar-refractivity contribution in [2.45, 2.75) is 6.92 Å². The fourth-order valence-corrected chi connectivity index (χ4v) is 1.53. The number of aromatic nitrogens is 2. The highest BCUT2D eigenvalue weighted by atomic mass is 35.5. The zero-order valence-corrected chi connectivity index (χ0v) is 9.61. The first kappa shape index (κ1) is 10.8. The minimum atomic E-state index is 0.422. The summed E-state index contributed by atoms with van der Waals surface area (Å²) in [5.74, 6) is 1.26. The van der Waals surface area contributed by atoms with Crippen LogP contribution in [0.1, 0.15) is 6.92 Å². The summed E-state index contributed by atoms with van der Waals surface area (Å²) in [5.41, 5.74) is 7.30. The lowest BCUT2D eigenvalue weighted by Crippen LogP contribution is -1.91. The summed E-state index contributed by atoms with van der Waals surface area (Å²) in [6.45, 7) is 2.60. The molecule has 0 atom stereocenters. The van der Waals surface area contributed by atoms with Crippen molar-refractivity contribution in [2.24, 2.45) is 0 Å². The third-order valence-electron chi connectivity index (χ3n) is 2.15. The fourth-order valence-electron chi connectivity index (χ4n) is 1.40. The molecule has 1 aromatic heterocycles. The monoisotopic (exact) mass is 237 g/mol. The van der Waals surface area contributed by atoms with Gasteiger partial charge in [0.05, 0.1) is 12.3 Å². The summed E-state index contributed by atoms with van der Waals surface area (Å²) in [4.78, 5) is 0. The number of ether oxygens (including phenoxy) is 1. The summed E-state index contributed by atoms with van der Waals surface area (Å²) >= 11 is 5.72. The van der Waals surface area contributed by atoms with E-state index in [2.05, 4.69) is 5.10 Å². The molecule has 0 unspecified atom stereocenters. The number of hydrogen-bond acceptors (Lipinski definition) is 3. The Morgan fingerprint density at radius 2 is 2.06 bits per heavy atom. The van der Waals surface area contributed by atoms with Crippen LogP contribution in [0.25, 0.3) is 11.3 Å². The van der Waals surface area contributed by atoms with Crippen LogP contribution in [-0.4, -0.2) is 15.9 Å². The molecule has 1 aromatic carbocycles. The Morgan fingerprint density at radius 3 is 2.56 bits per heavy atom. The van der Waals surface area contributed by atoms with Crippen molar-refractivity contribution in [1.82, 2.24) is 9.30 Å². The summed E-state index contributed by atoms with van der Waals surface area (Å²) < 4.78 is 6.48. The second-order valence-corrected chi connectivity index (χ2v) is 3.59. The van der Waals surface area contributed by atoms with Crippen LogP contribution >= 0.6 is 11.8 Å². The third-order valence-corrected chi connectivity index (χ3v) is 2.43. The first-order valence-electron chi connectivity index (χ1n) is 4.95. The topological polar surface area (TPSA) is 53.1 Å². The van der Waals surface area contributed by atoms with Gasteiger partial charge in [0.15, 0.2) is 0 Å². The van der Waals surface area contributed by atoms with Crippen molar-refractivity contribution < 1.29 is 4.74 Å². The van der Waals surface area contributed by atoms with Gasteiger partial charge >= 0.3 is 0 Å². The van der Waals surface area contributed by atoms with Gasteiger partial charge in [0.1, 0.15) is 11.6 Å². The lowest BCUT2D eigenvalue weighted by Gasteiger charge is -2.02. The summed E-state index contributed by atoms with van der Waals surface area (Å²) in [7, 11) is 0. The van der Waals surface area contributed by atoms with E-state index in [0.717, 1.165) is 21.2 Å².